The normalized spacial score (nSPS) is 19.5. The first-order valence-electron chi connectivity index (χ1n) is 10.9. The van der Waals surface area contributed by atoms with Crippen LogP contribution in [-0.4, -0.2) is 53.7 Å². The summed E-state index contributed by atoms with van der Waals surface area (Å²) < 4.78 is 10.6. The molecule has 0 radical (unpaired) electrons. The number of nitrogens with zero attached hydrogens (tertiary/aromatic N) is 3. The summed E-state index contributed by atoms with van der Waals surface area (Å²) in [5.74, 6) is 2.31. The molecule has 1 aromatic carbocycles. The molecule has 0 bridgehead atoms. The molecule has 2 amide bonds. The second-order valence-corrected chi connectivity index (χ2v) is 9.20. The summed E-state index contributed by atoms with van der Waals surface area (Å²) in [6.07, 6.45) is 4.07. The number of piperidine rings is 1. The SMILES string of the molecule is O=C(CSc1ccc(N2CCCC(C(=O)NC3CC3)C2)nn1)Nc1ccc2c(c1)OCO2. The van der Waals surface area contributed by atoms with Crippen molar-refractivity contribution in [2.75, 3.05) is 35.9 Å². The minimum atomic E-state index is -0.139. The number of hydrogen-bond donors (Lipinski definition) is 2. The topological polar surface area (TPSA) is 106 Å². The highest BCUT2D eigenvalue weighted by molar-refractivity contribution is 7.99. The Morgan fingerprint density at radius 2 is 1.97 bits per heavy atom. The zero-order valence-electron chi connectivity index (χ0n) is 17.6. The van der Waals surface area contributed by atoms with Crippen LogP contribution >= 0.6 is 11.8 Å². The summed E-state index contributed by atoms with van der Waals surface area (Å²) >= 11 is 1.32. The molecule has 1 aromatic heterocycles. The van der Waals surface area contributed by atoms with Gasteiger partial charge in [-0.1, -0.05) is 11.8 Å². The van der Waals surface area contributed by atoms with Crippen molar-refractivity contribution in [3.63, 3.8) is 0 Å². The smallest absolute Gasteiger partial charge is 0.234 e. The number of nitrogens with one attached hydrogen (secondary N) is 2. The molecule has 1 saturated carbocycles. The quantitative estimate of drug-likeness (QED) is 0.614. The first-order valence-corrected chi connectivity index (χ1v) is 11.8. The fourth-order valence-electron chi connectivity index (χ4n) is 3.82. The van der Waals surface area contributed by atoms with Gasteiger partial charge in [-0.15, -0.1) is 10.2 Å². The van der Waals surface area contributed by atoms with E-state index in [1.165, 1.54) is 11.8 Å². The van der Waals surface area contributed by atoms with Gasteiger partial charge in [-0.05, 0) is 49.9 Å². The molecule has 5 rings (SSSR count). The molecule has 1 aliphatic carbocycles. The van der Waals surface area contributed by atoms with Crippen molar-refractivity contribution < 1.29 is 19.1 Å². The molecule has 3 heterocycles. The highest BCUT2D eigenvalue weighted by atomic mass is 32.2. The molecule has 2 aromatic rings. The first kappa shape index (κ1) is 20.9. The predicted octanol–water partition coefficient (Wildman–Crippen LogP) is 2.43. The van der Waals surface area contributed by atoms with Crippen LogP contribution < -0.4 is 25.0 Å². The number of fused-ring (bicyclic) bond motifs is 1. The van der Waals surface area contributed by atoms with E-state index in [1.807, 2.05) is 12.1 Å². The Morgan fingerprint density at radius 1 is 1.09 bits per heavy atom. The van der Waals surface area contributed by atoms with E-state index in [4.69, 9.17) is 9.47 Å². The Morgan fingerprint density at radius 3 is 2.78 bits per heavy atom. The lowest BCUT2D eigenvalue weighted by molar-refractivity contribution is -0.125. The van der Waals surface area contributed by atoms with Gasteiger partial charge in [0.25, 0.3) is 0 Å². The van der Waals surface area contributed by atoms with Crippen molar-refractivity contribution >= 4 is 35.1 Å². The van der Waals surface area contributed by atoms with E-state index in [0.29, 0.717) is 34.8 Å². The van der Waals surface area contributed by atoms with Gasteiger partial charge in [0.05, 0.1) is 11.7 Å². The number of rotatable bonds is 7. The number of aromatic nitrogens is 2. The number of carbonyl (C=O) groups excluding carboxylic acids is 2. The minimum absolute atomic E-state index is 0.0000712. The Balaban J connectivity index is 1.11. The van der Waals surface area contributed by atoms with Crippen molar-refractivity contribution in [3.8, 4) is 11.5 Å². The van der Waals surface area contributed by atoms with Crippen molar-refractivity contribution in [1.82, 2.24) is 15.5 Å². The van der Waals surface area contributed by atoms with E-state index in [2.05, 4.69) is 25.7 Å². The van der Waals surface area contributed by atoms with Gasteiger partial charge in [0.1, 0.15) is 5.03 Å². The van der Waals surface area contributed by atoms with Crippen LogP contribution in [0.5, 0.6) is 11.5 Å². The summed E-state index contributed by atoms with van der Waals surface area (Å²) in [4.78, 5) is 26.8. The fourth-order valence-corrected chi connectivity index (χ4v) is 4.43. The van der Waals surface area contributed by atoms with E-state index in [9.17, 15) is 9.59 Å². The second kappa shape index (κ2) is 9.23. The second-order valence-electron chi connectivity index (χ2n) is 8.20. The van der Waals surface area contributed by atoms with E-state index in [0.717, 1.165) is 38.0 Å². The molecule has 2 N–H and O–H groups in total. The zero-order chi connectivity index (χ0) is 21.9. The van der Waals surface area contributed by atoms with E-state index >= 15 is 0 Å². The number of carbonyl (C=O) groups is 2. The minimum Gasteiger partial charge on any atom is -0.454 e. The zero-order valence-corrected chi connectivity index (χ0v) is 18.4. The summed E-state index contributed by atoms with van der Waals surface area (Å²) in [5, 5.41) is 15.2. The van der Waals surface area contributed by atoms with Gasteiger partial charge >= 0.3 is 0 Å². The van der Waals surface area contributed by atoms with E-state index in [-0.39, 0.29) is 30.3 Å². The Kier molecular flexibility index (Phi) is 6.02. The molecule has 3 aliphatic rings. The summed E-state index contributed by atoms with van der Waals surface area (Å²) in [5.41, 5.74) is 0.659. The lowest BCUT2D eigenvalue weighted by Gasteiger charge is -2.32. The standard InChI is InChI=1S/C22H25N5O4S/c28-20(23-16-5-6-17-18(10-16)31-13-30-17)12-32-21-8-7-19(25-26-21)27-9-1-2-14(11-27)22(29)24-15-3-4-15/h5-8,10,14-15H,1-4,9,11-13H2,(H,23,28)(H,24,29). The maximum absolute atomic E-state index is 12.4. The molecule has 9 nitrogen and oxygen atoms in total. The van der Waals surface area contributed by atoms with Gasteiger partial charge in [0.2, 0.25) is 18.6 Å². The summed E-state index contributed by atoms with van der Waals surface area (Å²) in [7, 11) is 0. The highest BCUT2D eigenvalue weighted by Crippen LogP contribution is 2.34. The number of amides is 2. The van der Waals surface area contributed by atoms with Crippen LogP contribution in [0.25, 0.3) is 0 Å². The lowest BCUT2D eigenvalue weighted by Crippen LogP contribution is -2.44. The molecule has 1 saturated heterocycles. The number of hydrogen-bond acceptors (Lipinski definition) is 8. The summed E-state index contributed by atoms with van der Waals surface area (Å²) in [6.45, 7) is 1.73. The molecule has 32 heavy (non-hydrogen) atoms. The van der Waals surface area contributed by atoms with E-state index in [1.54, 1.807) is 18.2 Å². The van der Waals surface area contributed by atoms with Gasteiger partial charge in [0.15, 0.2) is 17.3 Å². The first-order chi connectivity index (χ1) is 15.6. The average Bonchev–Trinajstić information content (AvgIpc) is 3.51. The van der Waals surface area contributed by atoms with Crippen molar-refractivity contribution in [3.05, 3.63) is 30.3 Å². The van der Waals surface area contributed by atoms with Gasteiger partial charge in [0, 0.05) is 30.9 Å². The maximum atomic E-state index is 12.4. The largest absolute Gasteiger partial charge is 0.454 e. The molecule has 1 unspecified atom stereocenters. The van der Waals surface area contributed by atoms with E-state index < -0.39 is 0 Å². The Hall–Kier alpha value is -3.01. The number of ether oxygens (including phenoxy) is 2. The van der Waals surface area contributed by atoms with Crippen molar-refractivity contribution in [2.45, 2.75) is 36.8 Å². The Bertz CT molecular complexity index is 998. The fraction of sp³-hybridized carbons (Fsp3) is 0.455. The van der Waals surface area contributed by atoms with Crippen LogP contribution in [-0.2, 0) is 9.59 Å². The average molecular weight is 456 g/mol. The number of anilines is 2. The summed E-state index contributed by atoms with van der Waals surface area (Å²) in [6, 6.07) is 9.46. The van der Waals surface area contributed by atoms with Gasteiger partial charge in [-0.3, -0.25) is 9.59 Å². The molecule has 2 aliphatic heterocycles. The molecular formula is C22H25N5O4S. The van der Waals surface area contributed by atoms with Gasteiger partial charge in [-0.25, -0.2) is 0 Å². The molecule has 10 heteroatoms. The lowest BCUT2D eigenvalue weighted by atomic mass is 9.97. The molecule has 1 atom stereocenters. The molecule has 0 spiro atoms. The van der Waals surface area contributed by atoms with Crippen LogP contribution in [0.3, 0.4) is 0 Å². The third-order valence-electron chi connectivity index (χ3n) is 5.67. The monoisotopic (exact) mass is 455 g/mol. The Labute approximate surface area is 190 Å². The van der Waals surface area contributed by atoms with Crippen LogP contribution in [0, 0.1) is 5.92 Å². The van der Waals surface area contributed by atoms with Gasteiger partial charge in [-0.2, -0.15) is 0 Å². The molecular weight excluding hydrogens is 430 g/mol. The third kappa shape index (κ3) is 5.07. The predicted molar refractivity (Wildman–Crippen MR) is 120 cm³/mol. The number of thioether (sulfide) groups is 1. The molecule has 2 fully saturated rings. The van der Waals surface area contributed by atoms with Crippen LogP contribution in [0.2, 0.25) is 0 Å². The van der Waals surface area contributed by atoms with Crippen molar-refractivity contribution in [2.24, 2.45) is 5.92 Å². The highest BCUT2D eigenvalue weighted by Gasteiger charge is 2.31. The molecule has 168 valence electrons. The third-order valence-corrected chi connectivity index (χ3v) is 6.59. The van der Waals surface area contributed by atoms with Crippen LogP contribution in [0.4, 0.5) is 11.5 Å². The van der Waals surface area contributed by atoms with Gasteiger partial charge < -0.3 is 25.0 Å². The van der Waals surface area contributed by atoms with Crippen LogP contribution in [0.15, 0.2) is 35.4 Å². The number of benzene rings is 1. The van der Waals surface area contributed by atoms with Crippen molar-refractivity contribution in [1.29, 1.82) is 0 Å². The van der Waals surface area contributed by atoms with Crippen LogP contribution in [0.1, 0.15) is 25.7 Å². The maximum Gasteiger partial charge on any atom is 0.234 e.